The molecule has 0 saturated heterocycles. The maximum Gasteiger partial charge on any atom is 0.127 e. The average Bonchev–Trinajstić information content (AvgIpc) is 3.05. The maximum absolute atomic E-state index is 9.12. The lowest BCUT2D eigenvalue weighted by Gasteiger charge is -2.14. The largest absolute Gasteiger partial charge is 0.493 e. The van der Waals surface area contributed by atoms with Gasteiger partial charge in [-0.2, -0.15) is 5.26 Å². The van der Waals surface area contributed by atoms with Crippen molar-refractivity contribution >= 4 is 41.8 Å². The number of aromatic nitrogens is 2. The number of hydrogen-bond acceptors (Lipinski definition) is 7. The van der Waals surface area contributed by atoms with Crippen LogP contribution in [-0.4, -0.2) is 16.8 Å². The minimum Gasteiger partial charge on any atom is -0.493 e. The molecule has 24 heavy (non-hydrogen) atoms. The number of ether oxygens (including phenoxy) is 1. The third-order valence-electron chi connectivity index (χ3n) is 3.33. The molecular formula is C16H18IN3O2S2. The van der Waals surface area contributed by atoms with Crippen molar-refractivity contribution in [2.45, 2.75) is 39.7 Å². The molecule has 0 bridgehead atoms. The Balaban J connectivity index is 1.96. The summed E-state index contributed by atoms with van der Waals surface area (Å²) in [5, 5.41) is 19.6. The molecule has 8 heteroatoms. The maximum atomic E-state index is 9.12. The lowest BCUT2D eigenvalue weighted by molar-refractivity contribution is 0.293. The highest BCUT2D eigenvalue weighted by Crippen LogP contribution is 2.28. The summed E-state index contributed by atoms with van der Waals surface area (Å²) >= 11 is 3.74. The summed E-state index contributed by atoms with van der Waals surface area (Å²) in [6.07, 6.45) is 2.67. The van der Waals surface area contributed by atoms with Crippen molar-refractivity contribution in [3.05, 3.63) is 38.8 Å². The van der Waals surface area contributed by atoms with Crippen LogP contribution in [0.1, 0.15) is 40.1 Å². The number of rotatable bonds is 9. The zero-order valence-corrected chi connectivity index (χ0v) is 17.3. The van der Waals surface area contributed by atoms with Crippen LogP contribution in [0.25, 0.3) is 0 Å². The van der Waals surface area contributed by atoms with Gasteiger partial charge in [-0.1, -0.05) is 6.92 Å². The summed E-state index contributed by atoms with van der Waals surface area (Å²) in [7, 11) is 1.27. The fourth-order valence-corrected chi connectivity index (χ4v) is 3.62. The highest BCUT2D eigenvalue weighted by atomic mass is 127. The first-order chi connectivity index (χ1) is 11.7. The van der Waals surface area contributed by atoms with Crippen molar-refractivity contribution in [1.29, 1.82) is 5.26 Å². The minimum absolute atomic E-state index is 0.412. The van der Waals surface area contributed by atoms with Crippen molar-refractivity contribution in [3.63, 3.8) is 0 Å². The summed E-state index contributed by atoms with van der Waals surface area (Å²) in [6.45, 7) is 5.04. The van der Waals surface area contributed by atoms with Gasteiger partial charge in [-0.25, -0.2) is 0 Å². The van der Waals surface area contributed by atoms with Gasteiger partial charge in [0.1, 0.15) is 15.8 Å². The standard InChI is InChI=1S/C16H18IN3O2S2/c1-3-14-19-20-15(23-14)5-4-6-21-16-11(2)7-12(9-18)8-13(16)10-22-24-17/h7-8H,3-6,10H2,1-2H3. The van der Waals surface area contributed by atoms with Gasteiger partial charge in [-0.05, 0) is 37.5 Å². The number of halogens is 1. The van der Waals surface area contributed by atoms with Gasteiger partial charge in [0, 0.05) is 33.2 Å². The van der Waals surface area contributed by atoms with Crippen LogP contribution in [0.4, 0.5) is 0 Å². The molecule has 0 fully saturated rings. The topological polar surface area (TPSA) is 68.0 Å². The van der Waals surface area contributed by atoms with Crippen LogP contribution in [0.5, 0.6) is 5.75 Å². The smallest absolute Gasteiger partial charge is 0.127 e. The molecule has 0 unspecified atom stereocenters. The van der Waals surface area contributed by atoms with E-state index in [1.807, 2.05) is 19.1 Å². The van der Waals surface area contributed by atoms with Crippen LogP contribution in [-0.2, 0) is 23.6 Å². The van der Waals surface area contributed by atoms with E-state index in [0.717, 1.165) is 46.2 Å². The van der Waals surface area contributed by atoms with Crippen LogP contribution >= 0.6 is 41.8 Å². The predicted molar refractivity (Wildman–Crippen MR) is 105 cm³/mol. The Labute approximate surface area is 162 Å². The highest BCUT2D eigenvalue weighted by Gasteiger charge is 2.11. The monoisotopic (exact) mass is 475 g/mol. The van der Waals surface area contributed by atoms with Crippen molar-refractivity contribution in [2.75, 3.05) is 6.61 Å². The molecule has 5 nitrogen and oxygen atoms in total. The Hall–Kier alpha value is -0.890. The molecule has 128 valence electrons. The number of benzene rings is 1. The summed E-state index contributed by atoms with van der Waals surface area (Å²) < 4.78 is 11.4. The Morgan fingerprint density at radius 1 is 1.33 bits per heavy atom. The SMILES string of the molecule is CCc1nnc(CCCOc2c(C)cc(C#N)cc2COSI)s1. The first-order valence-electron chi connectivity index (χ1n) is 7.55. The Bertz CT molecular complexity index is 716. The molecule has 0 aliphatic rings. The number of nitriles is 1. The molecule has 0 saturated carbocycles. The van der Waals surface area contributed by atoms with E-state index in [2.05, 4.69) is 44.4 Å². The molecular weight excluding hydrogens is 457 g/mol. The number of aryl methyl sites for hydroxylation is 3. The second-order valence-electron chi connectivity index (χ2n) is 5.11. The fourth-order valence-electron chi connectivity index (χ4n) is 2.24. The van der Waals surface area contributed by atoms with Crippen molar-refractivity contribution in [3.8, 4) is 11.8 Å². The van der Waals surface area contributed by atoms with Gasteiger partial charge in [0.15, 0.2) is 0 Å². The van der Waals surface area contributed by atoms with Gasteiger partial charge in [0.2, 0.25) is 0 Å². The normalized spacial score (nSPS) is 10.6. The van der Waals surface area contributed by atoms with Gasteiger partial charge >= 0.3 is 0 Å². The lowest BCUT2D eigenvalue weighted by atomic mass is 10.1. The van der Waals surface area contributed by atoms with E-state index in [1.165, 1.54) is 9.21 Å². The van der Waals surface area contributed by atoms with Crippen molar-refractivity contribution in [2.24, 2.45) is 0 Å². The molecule has 1 heterocycles. The molecule has 0 spiro atoms. The summed E-state index contributed by atoms with van der Waals surface area (Å²) in [5.41, 5.74) is 2.48. The molecule has 2 rings (SSSR count). The molecule has 0 atom stereocenters. The second kappa shape index (κ2) is 10.2. The van der Waals surface area contributed by atoms with E-state index < -0.39 is 0 Å². The number of nitrogens with zero attached hydrogens (tertiary/aromatic N) is 3. The van der Waals surface area contributed by atoms with Crippen LogP contribution in [0, 0.1) is 18.3 Å². The fraction of sp³-hybridized carbons (Fsp3) is 0.438. The van der Waals surface area contributed by atoms with Crippen LogP contribution in [0.3, 0.4) is 0 Å². The van der Waals surface area contributed by atoms with E-state index in [4.69, 9.17) is 14.2 Å². The lowest BCUT2D eigenvalue weighted by Crippen LogP contribution is -2.04. The Morgan fingerprint density at radius 2 is 2.12 bits per heavy atom. The van der Waals surface area contributed by atoms with Gasteiger partial charge in [-0.3, -0.25) is 0 Å². The van der Waals surface area contributed by atoms with E-state index in [9.17, 15) is 0 Å². The van der Waals surface area contributed by atoms with Crippen LogP contribution in [0.2, 0.25) is 0 Å². The molecule has 0 amide bonds. The van der Waals surface area contributed by atoms with E-state index in [1.54, 1.807) is 11.3 Å². The summed E-state index contributed by atoms with van der Waals surface area (Å²) in [5.74, 6) is 0.811. The quantitative estimate of drug-likeness (QED) is 0.295. The first-order valence-corrected chi connectivity index (χ1v) is 11.7. The van der Waals surface area contributed by atoms with Crippen LogP contribution in [0.15, 0.2) is 12.1 Å². The summed E-state index contributed by atoms with van der Waals surface area (Å²) in [6, 6.07) is 5.84. The summed E-state index contributed by atoms with van der Waals surface area (Å²) in [4.78, 5) is 0. The van der Waals surface area contributed by atoms with Gasteiger partial charge in [0.25, 0.3) is 0 Å². The first kappa shape index (κ1) is 19.4. The Kier molecular flexibility index (Phi) is 8.24. The molecule has 1 aromatic heterocycles. The Morgan fingerprint density at radius 3 is 2.79 bits per heavy atom. The predicted octanol–water partition coefficient (Wildman–Crippen LogP) is 4.81. The molecule has 0 aliphatic heterocycles. The van der Waals surface area contributed by atoms with E-state index >= 15 is 0 Å². The second-order valence-corrected chi connectivity index (χ2v) is 7.70. The molecule has 0 aliphatic carbocycles. The highest BCUT2D eigenvalue weighted by molar-refractivity contribution is 14.2. The van der Waals surface area contributed by atoms with E-state index in [-0.39, 0.29) is 0 Å². The zero-order valence-electron chi connectivity index (χ0n) is 13.5. The van der Waals surface area contributed by atoms with Crippen molar-refractivity contribution in [1.82, 2.24) is 10.2 Å². The molecule has 0 N–H and O–H groups in total. The van der Waals surface area contributed by atoms with E-state index in [0.29, 0.717) is 18.8 Å². The average molecular weight is 475 g/mol. The molecule has 1 aromatic carbocycles. The third kappa shape index (κ3) is 5.58. The van der Waals surface area contributed by atoms with Gasteiger partial charge in [-0.15, -0.1) is 21.5 Å². The molecule has 0 radical (unpaired) electrons. The van der Waals surface area contributed by atoms with Gasteiger partial charge < -0.3 is 8.92 Å². The third-order valence-corrected chi connectivity index (χ3v) is 5.43. The van der Waals surface area contributed by atoms with Gasteiger partial charge in [0.05, 0.1) is 34.1 Å². The van der Waals surface area contributed by atoms with Crippen LogP contribution < -0.4 is 4.74 Å². The molecule has 2 aromatic rings. The minimum atomic E-state index is 0.412. The zero-order chi connectivity index (χ0) is 17.4. The number of hydrogen-bond donors (Lipinski definition) is 0. The van der Waals surface area contributed by atoms with Crippen molar-refractivity contribution < 1.29 is 8.92 Å².